The number of nitrogens with one attached hydrogen (secondary N) is 3. The molecule has 168 valence electrons. The molecule has 0 spiro atoms. The lowest BCUT2D eigenvalue weighted by atomic mass is 10.3. The van der Waals surface area contributed by atoms with Gasteiger partial charge >= 0.3 is 0 Å². The third-order valence-electron chi connectivity index (χ3n) is 4.09. The SMILES string of the molecule is C#CCNC(=O)COc1cccc(N/C=c2/s/c(=C(/C#N)C(=O)NCC#C)n(CC)c2=O)c1. The Bertz CT molecular complexity index is 1340. The summed E-state index contributed by atoms with van der Waals surface area (Å²) < 4.78 is 7.31. The second-order valence-electron chi connectivity index (χ2n) is 6.28. The monoisotopic (exact) mass is 463 g/mol. The van der Waals surface area contributed by atoms with Crippen molar-refractivity contribution >= 4 is 40.6 Å². The summed E-state index contributed by atoms with van der Waals surface area (Å²) >= 11 is 1.01. The van der Waals surface area contributed by atoms with Crippen molar-refractivity contribution in [2.75, 3.05) is 25.0 Å². The number of hydrogen-bond donors (Lipinski definition) is 3. The highest BCUT2D eigenvalue weighted by Gasteiger charge is 2.14. The predicted octanol–water partition coefficient (Wildman–Crippen LogP) is -0.668. The van der Waals surface area contributed by atoms with Gasteiger partial charge in [-0.25, -0.2) is 0 Å². The van der Waals surface area contributed by atoms with Crippen molar-refractivity contribution in [2.24, 2.45) is 0 Å². The van der Waals surface area contributed by atoms with Gasteiger partial charge < -0.3 is 20.7 Å². The van der Waals surface area contributed by atoms with E-state index in [0.717, 1.165) is 11.3 Å². The number of anilines is 1. The van der Waals surface area contributed by atoms with E-state index in [9.17, 15) is 19.6 Å². The van der Waals surface area contributed by atoms with Crippen LogP contribution in [0.1, 0.15) is 6.92 Å². The second-order valence-corrected chi connectivity index (χ2v) is 7.31. The van der Waals surface area contributed by atoms with Gasteiger partial charge in [-0.15, -0.1) is 24.2 Å². The first-order valence-electron chi connectivity index (χ1n) is 9.70. The van der Waals surface area contributed by atoms with Crippen LogP contribution in [0.25, 0.3) is 11.8 Å². The maximum absolute atomic E-state index is 12.8. The molecule has 9 nitrogen and oxygen atoms in total. The zero-order valence-electron chi connectivity index (χ0n) is 17.8. The van der Waals surface area contributed by atoms with Gasteiger partial charge in [0, 0.05) is 24.5 Å². The van der Waals surface area contributed by atoms with Gasteiger partial charge in [-0.3, -0.25) is 19.0 Å². The summed E-state index contributed by atoms with van der Waals surface area (Å²) in [7, 11) is 0. The molecule has 1 aromatic heterocycles. The predicted molar refractivity (Wildman–Crippen MR) is 126 cm³/mol. The van der Waals surface area contributed by atoms with E-state index >= 15 is 0 Å². The molecule has 0 aliphatic rings. The Labute approximate surface area is 194 Å². The third-order valence-corrected chi connectivity index (χ3v) is 5.22. The fraction of sp³-hybridized carbons (Fsp3) is 0.217. The molecule has 0 aliphatic heterocycles. The summed E-state index contributed by atoms with van der Waals surface area (Å²) in [6.45, 7) is 1.91. The second kappa shape index (κ2) is 12.4. The minimum absolute atomic E-state index is 0.0315. The zero-order valence-corrected chi connectivity index (χ0v) is 18.6. The van der Waals surface area contributed by atoms with Crippen LogP contribution >= 0.6 is 11.3 Å². The number of ether oxygens (including phenoxy) is 1. The van der Waals surface area contributed by atoms with Crippen molar-refractivity contribution in [3.05, 3.63) is 43.8 Å². The molecule has 0 aliphatic carbocycles. The molecule has 0 saturated carbocycles. The summed E-state index contributed by atoms with van der Waals surface area (Å²) in [6.07, 6.45) is 11.7. The lowest BCUT2D eigenvalue weighted by Gasteiger charge is -2.07. The number of hydrogen-bond acceptors (Lipinski definition) is 7. The molecule has 1 aromatic carbocycles. The summed E-state index contributed by atoms with van der Waals surface area (Å²) in [5.41, 5.74) is 0.0672. The number of thiazole rings is 1. The highest BCUT2D eigenvalue weighted by atomic mass is 32.1. The van der Waals surface area contributed by atoms with Gasteiger partial charge in [-0.2, -0.15) is 5.26 Å². The average Bonchev–Trinajstić information content (AvgIpc) is 3.14. The van der Waals surface area contributed by atoms with Crippen molar-refractivity contribution in [3.8, 4) is 36.5 Å². The Morgan fingerprint density at radius 3 is 2.64 bits per heavy atom. The summed E-state index contributed by atoms with van der Waals surface area (Å²) in [4.78, 5) is 36.6. The third kappa shape index (κ3) is 6.76. The first-order valence-corrected chi connectivity index (χ1v) is 10.5. The van der Waals surface area contributed by atoms with E-state index in [-0.39, 0.29) is 47.9 Å². The molecule has 2 rings (SSSR count). The van der Waals surface area contributed by atoms with E-state index in [2.05, 4.69) is 27.8 Å². The van der Waals surface area contributed by atoms with Gasteiger partial charge in [0.15, 0.2) is 12.2 Å². The lowest BCUT2D eigenvalue weighted by molar-refractivity contribution is -0.122. The van der Waals surface area contributed by atoms with Crippen LogP contribution in [0.4, 0.5) is 5.69 Å². The van der Waals surface area contributed by atoms with Crippen molar-refractivity contribution in [1.82, 2.24) is 15.2 Å². The maximum Gasteiger partial charge on any atom is 0.270 e. The Morgan fingerprint density at radius 1 is 1.24 bits per heavy atom. The fourth-order valence-electron chi connectivity index (χ4n) is 2.58. The number of nitriles is 1. The number of terminal acetylenes is 2. The Balaban J connectivity index is 2.30. The van der Waals surface area contributed by atoms with Crippen LogP contribution in [0.5, 0.6) is 5.75 Å². The van der Waals surface area contributed by atoms with E-state index in [4.69, 9.17) is 17.6 Å². The Hall–Kier alpha value is -4.46. The average molecular weight is 464 g/mol. The topological polar surface area (TPSA) is 125 Å². The molecule has 0 radical (unpaired) electrons. The summed E-state index contributed by atoms with van der Waals surface area (Å²) in [5, 5.41) is 17.4. The molecule has 1 heterocycles. The normalized spacial score (nSPS) is 11.4. The van der Waals surface area contributed by atoms with Crippen LogP contribution in [0.2, 0.25) is 0 Å². The van der Waals surface area contributed by atoms with E-state index < -0.39 is 5.91 Å². The quantitative estimate of drug-likeness (QED) is 0.424. The molecule has 0 bridgehead atoms. The smallest absolute Gasteiger partial charge is 0.270 e. The molecule has 10 heteroatoms. The van der Waals surface area contributed by atoms with Crippen molar-refractivity contribution in [2.45, 2.75) is 13.5 Å². The van der Waals surface area contributed by atoms with Crippen LogP contribution in [-0.4, -0.2) is 36.1 Å². The van der Waals surface area contributed by atoms with Crippen LogP contribution in [0, 0.1) is 36.0 Å². The molecule has 0 atom stereocenters. The van der Waals surface area contributed by atoms with Crippen molar-refractivity contribution in [1.29, 1.82) is 5.26 Å². The summed E-state index contributed by atoms with van der Waals surface area (Å²) in [6, 6.07) is 8.64. The fourth-order valence-corrected chi connectivity index (χ4v) is 3.67. The molecule has 2 aromatic rings. The Morgan fingerprint density at radius 2 is 1.97 bits per heavy atom. The van der Waals surface area contributed by atoms with E-state index in [1.54, 1.807) is 31.2 Å². The van der Waals surface area contributed by atoms with Gasteiger partial charge in [0.05, 0.1) is 13.1 Å². The molecule has 0 fully saturated rings. The number of carbonyl (C=O) groups excluding carboxylic acids is 2. The first-order chi connectivity index (χ1) is 15.9. The van der Waals surface area contributed by atoms with Gasteiger partial charge in [0.1, 0.15) is 21.0 Å². The highest BCUT2D eigenvalue weighted by Crippen LogP contribution is 2.17. The molecule has 33 heavy (non-hydrogen) atoms. The Kier molecular flexibility index (Phi) is 9.33. The molecule has 0 unspecified atom stereocenters. The number of aromatic nitrogens is 1. The zero-order chi connectivity index (χ0) is 24.2. The van der Waals surface area contributed by atoms with Crippen LogP contribution < -0.4 is 35.4 Å². The number of carbonyl (C=O) groups is 2. The van der Waals surface area contributed by atoms with E-state index in [1.807, 2.05) is 6.07 Å². The largest absolute Gasteiger partial charge is 0.484 e. The number of rotatable bonds is 9. The number of nitrogens with zero attached hydrogens (tertiary/aromatic N) is 2. The number of amides is 2. The summed E-state index contributed by atoms with van der Waals surface area (Å²) in [5.74, 6) is 4.01. The first kappa shape index (κ1) is 24.8. The molecule has 2 amide bonds. The van der Waals surface area contributed by atoms with Crippen molar-refractivity contribution < 1.29 is 14.3 Å². The van der Waals surface area contributed by atoms with Crippen LogP contribution in [-0.2, 0) is 16.1 Å². The van der Waals surface area contributed by atoms with Gasteiger partial charge in [-0.05, 0) is 19.1 Å². The minimum Gasteiger partial charge on any atom is -0.484 e. The van der Waals surface area contributed by atoms with E-state index in [0.29, 0.717) is 16.0 Å². The van der Waals surface area contributed by atoms with Gasteiger partial charge in [-0.1, -0.05) is 17.9 Å². The number of benzene rings is 1. The maximum atomic E-state index is 12.8. The molecular formula is C23H21N5O4S. The van der Waals surface area contributed by atoms with Crippen LogP contribution in [0.3, 0.4) is 0 Å². The van der Waals surface area contributed by atoms with Crippen molar-refractivity contribution in [3.63, 3.8) is 0 Å². The van der Waals surface area contributed by atoms with E-state index in [1.165, 1.54) is 10.8 Å². The highest BCUT2D eigenvalue weighted by molar-refractivity contribution is 7.07. The van der Waals surface area contributed by atoms with Gasteiger partial charge in [0.2, 0.25) is 0 Å². The molecule has 3 N–H and O–H groups in total. The standard InChI is InChI=1S/C23H21N5O4S/c1-4-10-25-20(29)15-32-17-9-7-8-16(12-17)27-14-19-22(31)28(6-3)23(33-19)18(13-24)21(30)26-11-5-2/h1-2,7-9,12,14,27H,6,10-11,15H2,3H3,(H,25,29)(H,26,30)/b19-14+,23-18-. The van der Waals surface area contributed by atoms with Gasteiger partial charge in [0.25, 0.3) is 17.4 Å². The molecule has 0 saturated heterocycles. The lowest BCUT2D eigenvalue weighted by Crippen LogP contribution is -2.34. The minimum atomic E-state index is -0.644. The molecular weight excluding hydrogens is 442 g/mol. The van der Waals surface area contributed by atoms with Crippen LogP contribution in [0.15, 0.2) is 29.1 Å².